The van der Waals surface area contributed by atoms with Crippen LogP contribution in [0.1, 0.15) is 16.9 Å². The van der Waals surface area contributed by atoms with Crippen LogP contribution in [0.4, 0.5) is 15.8 Å². The first kappa shape index (κ1) is 16.9. The highest BCUT2D eigenvalue weighted by molar-refractivity contribution is 6.03. The number of halogens is 1. The van der Waals surface area contributed by atoms with Gasteiger partial charge in [0.05, 0.1) is 0 Å². The Labute approximate surface area is 135 Å². The van der Waals surface area contributed by atoms with Gasteiger partial charge in [-0.05, 0) is 57.4 Å². The highest BCUT2D eigenvalue weighted by Crippen LogP contribution is 2.13. The summed E-state index contributed by atoms with van der Waals surface area (Å²) in [6.45, 7) is 1.80. The molecule has 0 fully saturated rings. The molecule has 2 rings (SSSR count). The zero-order valence-corrected chi connectivity index (χ0v) is 13.3. The lowest BCUT2D eigenvalue weighted by Crippen LogP contribution is -2.17. The Balaban J connectivity index is 1.94. The molecular weight excluding hydrogens is 295 g/mol. The fourth-order valence-electron chi connectivity index (χ4n) is 2.05. The molecule has 6 heteroatoms. The molecule has 122 valence electrons. The van der Waals surface area contributed by atoms with Crippen molar-refractivity contribution in [2.24, 2.45) is 0 Å². The van der Waals surface area contributed by atoms with Crippen LogP contribution >= 0.6 is 0 Å². The first-order valence-corrected chi connectivity index (χ1v) is 7.46. The van der Waals surface area contributed by atoms with E-state index in [1.807, 2.05) is 20.2 Å². The van der Waals surface area contributed by atoms with Crippen LogP contribution in [0.5, 0.6) is 0 Å². The maximum Gasteiger partial charge on any atom is 0.274 e. The second kappa shape index (κ2) is 8.24. The first-order valence-electron chi connectivity index (χ1n) is 7.46. The zero-order chi connectivity index (χ0) is 16.7. The maximum absolute atomic E-state index is 13.1. The molecule has 0 aliphatic carbocycles. The van der Waals surface area contributed by atoms with Crippen LogP contribution in [-0.2, 0) is 0 Å². The Hall–Kier alpha value is -2.47. The van der Waals surface area contributed by atoms with Gasteiger partial charge in [0, 0.05) is 24.1 Å². The number of nitrogens with one attached hydrogen (secondary N) is 2. The molecule has 1 amide bonds. The van der Waals surface area contributed by atoms with Gasteiger partial charge >= 0.3 is 0 Å². The number of benzene rings is 1. The average Bonchev–Trinajstić information content (AvgIpc) is 2.52. The fourth-order valence-corrected chi connectivity index (χ4v) is 2.05. The second-order valence-electron chi connectivity index (χ2n) is 5.48. The molecule has 23 heavy (non-hydrogen) atoms. The third kappa shape index (κ3) is 5.67. The Kier molecular flexibility index (Phi) is 6.05. The van der Waals surface area contributed by atoms with Gasteiger partial charge in [-0.25, -0.2) is 4.39 Å². The summed E-state index contributed by atoms with van der Waals surface area (Å²) in [7, 11) is 4.06. The van der Waals surface area contributed by atoms with Crippen LogP contribution in [0, 0.1) is 5.82 Å². The topological polar surface area (TPSA) is 57.3 Å². The van der Waals surface area contributed by atoms with Crippen molar-refractivity contribution in [1.82, 2.24) is 9.88 Å². The lowest BCUT2D eigenvalue weighted by Gasteiger charge is -2.11. The summed E-state index contributed by atoms with van der Waals surface area (Å²) < 4.78 is 13.1. The summed E-state index contributed by atoms with van der Waals surface area (Å²) in [5, 5.41) is 5.89. The van der Waals surface area contributed by atoms with Gasteiger partial charge < -0.3 is 15.5 Å². The summed E-state index contributed by atoms with van der Waals surface area (Å²) in [4.78, 5) is 18.3. The van der Waals surface area contributed by atoms with E-state index in [0.717, 1.165) is 25.2 Å². The third-order valence-electron chi connectivity index (χ3n) is 3.19. The monoisotopic (exact) mass is 316 g/mol. The van der Waals surface area contributed by atoms with E-state index in [-0.39, 0.29) is 11.6 Å². The van der Waals surface area contributed by atoms with E-state index in [2.05, 4.69) is 20.5 Å². The Morgan fingerprint density at radius 3 is 2.78 bits per heavy atom. The van der Waals surface area contributed by atoms with Crippen molar-refractivity contribution in [1.29, 1.82) is 0 Å². The Bertz CT molecular complexity index is 661. The number of anilines is 2. The summed E-state index contributed by atoms with van der Waals surface area (Å²) >= 11 is 0. The van der Waals surface area contributed by atoms with Gasteiger partial charge in [0.1, 0.15) is 11.5 Å². The average molecular weight is 316 g/mol. The van der Waals surface area contributed by atoms with E-state index >= 15 is 0 Å². The van der Waals surface area contributed by atoms with Gasteiger partial charge in [-0.1, -0.05) is 6.07 Å². The molecule has 1 heterocycles. The highest BCUT2D eigenvalue weighted by Gasteiger charge is 2.09. The molecule has 0 aliphatic heterocycles. The molecular formula is C17H21FN4O. The number of amides is 1. The smallest absolute Gasteiger partial charge is 0.274 e. The van der Waals surface area contributed by atoms with E-state index < -0.39 is 5.82 Å². The van der Waals surface area contributed by atoms with Gasteiger partial charge in [0.15, 0.2) is 0 Å². The normalized spacial score (nSPS) is 10.6. The van der Waals surface area contributed by atoms with Crippen molar-refractivity contribution >= 4 is 17.3 Å². The number of nitrogens with zero attached hydrogens (tertiary/aromatic N) is 2. The van der Waals surface area contributed by atoms with Gasteiger partial charge in [-0.2, -0.15) is 0 Å². The summed E-state index contributed by atoms with van der Waals surface area (Å²) in [6, 6.07) is 9.26. The number of hydrogen-bond donors (Lipinski definition) is 2. The van der Waals surface area contributed by atoms with Crippen molar-refractivity contribution in [2.75, 3.05) is 37.8 Å². The third-order valence-corrected chi connectivity index (χ3v) is 3.19. The van der Waals surface area contributed by atoms with Crippen LogP contribution in [0.25, 0.3) is 0 Å². The largest absolute Gasteiger partial charge is 0.385 e. The standard InChI is InChI=1S/C17H21FN4O/c1-22(2)10-4-8-19-14-7-9-20-16(12-14)17(23)21-15-6-3-5-13(18)11-15/h3,5-7,9,11-12H,4,8,10H2,1-2H3,(H,19,20)(H,21,23). The molecule has 1 aromatic heterocycles. The van der Waals surface area contributed by atoms with E-state index in [9.17, 15) is 9.18 Å². The molecule has 0 bridgehead atoms. The number of carbonyl (C=O) groups is 1. The predicted octanol–water partition coefficient (Wildman–Crippen LogP) is 2.84. The van der Waals surface area contributed by atoms with Crippen molar-refractivity contribution < 1.29 is 9.18 Å². The van der Waals surface area contributed by atoms with Gasteiger partial charge in [-0.3, -0.25) is 9.78 Å². The number of carbonyl (C=O) groups excluding carboxylic acids is 1. The summed E-state index contributed by atoms with van der Waals surface area (Å²) in [6.07, 6.45) is 2.58. The van der Waals surface area contributed by atoms with Gasteiger partial charge in [-0.15, -0.1) is 0 Å². The van der Waals surface area contributed by atoms with E-state index in [4.69, 9.17) is 0 Å². The number of rotatable bonds is 7. The minimum absolute atomic E-state index is 0.284. The molecule has 0 saturated heterocycles. The highest BCUT2D eigenvalue weighted by atomic mass is 19.1. The Morgan fingerprint density at radius 2 is 2.04 bits per heavy atom. The fraction of sp³-hybridized carbons (Fsp3) is 0.294. The molecule has 0 atom stereocenters. The quantitative estimate of drug-likeness (QED) is 0.771. The van der Waals surface area contributed by atoms with Crippen molar-refractivity contribution in [3.8, 4) is 0 Å². The van der Waals surface area contributed by atoms with Crippen molar-refractivity contribution in [2.45, 2.75) is 6.42 Å². The lowest BCUT2D eigenvalue weighted by atomic mass is 10.2. The molecule has 0 unspecified atom stereocenters. The number of pyridine rings is 1. The maximum atomic E-state index is 13.1. The molecule has 0 radical (unpaired) electrons. The molecule has 0 aliphatic rings. The molecule has 0 saturated carbocycles. The van der Waals surface area contributed by atoms with Crippen LogP contribution in [0.3, 0.4) is 0 Å². The molecule has 5 nitrogen and oxygen atoms in total. The molecule has 2 N–H and O–H groups in total. The van der Waals surface area contributed by atoms with Crippen LogP contribution in [0.15, 0.2) is 42.6 Å². The van der Waals surface area contributed by atoms with Gasteiger partial charge in [0.2, 0.25) is 0 Å². The summed E-state index contributed by atoms with van der Waals surface area (Å²) in [5.41, 5.74) is 1.52. The minimum atomic E-state index is -0.396. The molecule has 2 aromatic rings. The first-order chi connectivity index (χ1) is 11.0. The van der Waals surface area contributed by atoms with E-state index in [1.165, 1.54) is 12.1 Å². The van der Waals surface area contributed by atoms with Gasteiger partial charge in [0.25, 0.3) is 5.91 Å². The van der Waals surface area contributed by atoms with Crippen LogP contribution in [-0.4, -0.2) is 43.0 Å². The predicted molar refractivity (Wildman–Crippen MR) is 90.3 cm³/mol. The van der Waals surface area contributed by atoms with Crippen LogP contribution < -0.4 is 10.6 Å². The minimum Gasteiger partial charge on any atom is -0.385 e. The second-order valence-corrected chi connectivity index (χ2v) is 5.48. The zero-order valence-electron chi connectivity index (χ0n) is 13.3. The number of hydrogen-bond acceptors (Lipinski definition) is 4. The van der Waals surface area contributed by atoms with Crippen LogP contribution in [0.2, 0.25) is 0 Å². The molecule has 0 spiro atoms. The van der Waals surface area contributed by atoms with E-state index in [1.54, 1.807) is 24.4 Å². The Morgan fingerprint density at radius 1 is 1.22 bits per heavy atom. The lowest BCUT2D eigenvalue weighted by molar-refractivity contribution is 0.102. The van der Waals surface area contributed by atoms with E-state index in [0.29, 0.717) is 5.69 Å². The molecule has 1 aromatic carbocycles. The number of aromatic nitrogens is 1. The summed E-state index contributed by atoms with van der Waals surface area (Å²) in [5.74, 6) is -0.764. The SMILES string of the molecule is CN(C)CCCNc1ccnc(C(=O)Nc2cccc(F)c2)c1. The van der Waals surface area contributed by atoms with Crippen molar-refractivity contribution in [3.63, 3.8) is 0 Å². The van der Waals surface area contributed by atoms with Crippen molar-refractivity contribution in [3.05, 3.63) is 54.1 Å².